The maximum Gasteiger partial charge on any atom is 0.339 e. The summed E-state index contributed by atoms with van der Waals surface area (Å²) in [4.78, 5) is 23.1. The number of ether oxygens (including phenoxy) is 1. The molecule has 1 saturated heterocycles. The normalized spacial score (nSPS) is 21.6. The fourth-order valence-electron chi connectivity index (χ4n) is 2.98. The van der Waals surface area contributed by atoms with Crippen molar-refractivity contribution in [2.45, 2.75) is 36.6 Å². The van der Waals surface area contributed by atoms with Crippen LogP contribution in [0.1, 0.15) is 36.5 Å². The highest BCUT2D eigenvalue weighted by molar-refractivity contribution is 7.89. The maximum absolute atomic E-state index is 12.9. The summed E-state index contributed by atoms with van der Waals surface area (Å²) in [5, 5.41) is 9.48. The van der Waals surface area contributed by atoms with E-state index < -0.39 is 27.5 Å². The van der Waals surface area contributed by atoms with Gasteiger partial charge in [-0.1, -0.05) is 18.5 Å². The summed E-state index contributed by atoms with van der Waals surface area (Å²) in [7, 11) is -2.87. The van der Waals surface area contributed by atoms with Gasteiger partial charge in [0.1, 0.15) is 5.54 Å². The summed E-state index contributed by atoms with van der Waals surface area (Å²) < 4.78 is 31.4. The second kappa shape index (κ2) is 6.70. The van der Waals surface area contributed by atoms with E-state index in [0.717, 1.165) is 10.4 Å². The monoisotopic (exact) mass is 375 g/mol. The molecule has 0 aliphatic carbocycles. The minimum Gasteiger partial charge on any atom is -0.480 e. The van der Waals surface area contributed by atoms with E-state index in [4.69, 9.17) is 11.6 Å². The van der Waals surface area contributed by atoms with Crippen LogP contribution in [-0.2, 0) is 19.6 Å². The second-order valence-corrected chi connectivity index (χ2v) is 7.77. The van der Waals surface area contributed by atoms with Gasteiger partial charge in [-0.2, -0.15) is 4.31 Å². The van der Waals surface area contributed by atoms with Gasteiger partial charge >= 0.3 is 11.9 Å². The first-order chi connectivity index (χ1) is 11.2. The molecule has 0 bridgehead atoms. The Balaban J connectivity index is 2.49. The lowest BCUT2D eigenvalue weighted by atomic mass is 9.95. The predicted molar refractivity (Wildman–Crippen MR) is 86.6 cm³/mol. The Morgan fingerprint density at radius 3 is 2.58 bits per heavy atom. The highest BCUT2D eigenvalue weighted by Crippen LogP contribution is 2.38. The second-order valence-electron chi connectivity index (χ2n) is 5.50. The van der Waals surface area contributed by atoms with Gasteiger partial charge in [-0.05, 0) is 37.5 Å². The van der Waals surface area contributed by atoms with Crippen molar-refractivity contribution >= 4 is 33.6 Å². The third-order valence-corrected chi connectivity index (χ3v) is 6.62. The molecule has 1 aliphatic heterocycles. The van der Waals surface area contributed by atoms with Gasteiger partial charge in [-0.25, -0.2) is 13.2 Å². The Bertz CT molecular complexity index is 778. The molecule has 132 valence electrons. The number of carbonyl (C=O) groups is 2. The lowest BCUT2D eigenvalue weighted by molar-refractivity contribution is -0.147. The Labute approximate surface area is 145 Å². The summed E-state index contributed by atoms with van der Waals surface area (Å²) >= 11 is 5.98. The van der Waals surface area contributed by atoms with Crippen LogP contribution in [0.2, 0.25) is 5.02 Å². The average molecular weight is 376 g/mol. The number of nitrogens with zero attached hydrogens (tertiary/aromatic N) is 1. The van der Waals surface area contributed by atoms with Crippen molar-refractivity contribution in [3.8, 4) is 0 Å². The Morgan fingerprint density at radius 1 is 1.42 bits per heavy atom. The topological polar surface area (TPSA) is 101 Å². The van der Waals surface area contributed by atoms with E-state index in [1.807, 2.05) is 0 Å². The highest BCUT2D eigenvalue weighted by atomic mass is 35.5. The molecule has 0 spiro atoms. The zero-order valence-electron chi connectivity index (χ0n) is 13.3. The minimum absolute atomic E-state index is 0.0412. The quantitative estimate of drug-likeness (QED) is 0.791. The van der Waals surface area contributed by atoms with Gasteiger partial charge in [0.25, 0.3) is 0 Å². The number of carboxylic acids is 1. The molecule has 1 aromatic rings. The van der Waals surface area contributed by atoms with Gasteiger partial charge in [0.15, 0.2) is 0 Å². The van der Waals surface area contributed by atoms with Gasteiger partial charge < -0.3 is 9.84 Å². The van der Waals surface area contributed by atoms with Crippen LogP contribution in [0, 0.1) is 0 Å². The summed E-state index contributed by atoms with van der Waals surface area (Å²) in [6.45, 7) is 1.77. The Morgan fingerprint density at radius 2 is 2.08 bits per heavy atom. The lowest BCUT2D eigenvalue weighted by Gasteiger charge is -2.32. The van der Waals surface area contributed by atoms with E-state index in [1.54, 1.807) is 6.92 Å². The fraction of sp³-hybridized carbons (Fsp3) is 0.467. The van der Waals surface area contributed by atoms with Crippen LogP contribution >= 0.6 is 11.6 Å². The van der Waals surface area contributed by atoms with Gasteiger partial charge in [-0.3, -0.25) is 4.79 Å². The number of rotatable bonds is 5. The average Bonchev–Trinajstić information content (AvgIpc) is 3.00. The molecular formula is C15H18ClNO6S. The number of hydrogen-bond donors (Lipinski definition) is 1. The Kier molecular flexibility index (Phi) is 5.22. The zero-order valence-corrected chi connectivity index (χ0v) is 14.9. The summed E-state index contributed by atoms with van der Waals surface area (Å²) in [6, 6.07) is 3.63. The number of esters is 1. The predicted octanol–water partition coefficient (Wildman–Crippen LogP) is 2.14. The van der Waals surface area contributed by atoms with Crippen molar-refractivity contribution in [1.82, 2.24) is 4.31 Å². The third kappa shape index (κ3) is 2.89. The van der Waals surface area contributed by atoms with Crippen LogP contribution in [-0.4, -0.2) is 49.0 Å². The number of aliphatic carboxylic acids is 1. The van der Waals surface area contributed by atoms with Crippen molar-refractivity contribution in [1.29, 1.82) is 0 Å². The number of carbonyl (C=O) groups excluding carboxylic acids is 1. The van der Waals surface area contributed by atoms with Gasteiger partial charge in [0.05, 0.1) is 22.6 Å². The highest BCUT2D eigenvalue weighted by Gasteiger charge is 2.52. The molecule has 1 aliphatic rings. The Hall–Kier alpha value is -1.64. The van der Waals surface area contributed by atoms with Crippen molar-refractivity contribution < 1.29 is 27.9 Å². The molecule has 0 amide bonds. The van der Waals surface area contributed by atoms with E-state index in [1.165, 1.54) is 19.2 Å². The molecule has 9 heteroatoms. The van der Waals surface area contributed by atoms with E-state index in [-0.39, 0.29) is 34.9 Å². The molecule has 0 saturated carbocycles. The van der Waals surface area contributed by atoms with Gasteiger partial charge in [-0.15, -0.1) is 0 Å². The van der Waals surface area contributed by atoms with E-state index in [0.29, 0.717) is 6.42 Å². The molecule has 1 unspecified atom stereocenters. The van der Waals surface area contributed by atoms with Gasteiger partial charge in [0, 0.05) is 6.54 Å². The van der Waals surface area contributed by atoms with Crippen molar-refractivity contribution in [3.05, 3.63) is 28.8 Å². The third-order valence-electron chi connectivity index (χ3n) is 4.35. The molecular weight excluding hydrogens is 358 g/mol. The molecule has 0 radical (unpaired) electrons. The van der Waals surface area contributed by atoms with E-state index in [9.17, 15) is 23.1 Å². The van der Waals surface area contributed by atoms with Crippen LogP contribution in [0.4, 0.5) is 0 Å². The van der Waals surface area contributed by atoms with Crippen LogP contribution in [0.5, 0.6) is 0 Å². The van der Waals surface area contributed by atoms with Crippen molar-refractivity contribution in [2.24, 2.45) is 0 Å². The summed E-state index contributed by atoms with van der Waals surface area (Å²) in [5.74, 6) is -1.85. The number of methoxy groups -OCH3 is 1. The molecule has 7 nitrogen and oxygen atoms in total. The minimum atomic E-state index is -4.06. The van der Waals surface area contributed by atoms with E-state index >= 15 is 0 Å². The molecule has 2 rings (SSSR count). The summed E-state index contributed by atoms with van der Waals surface area (Å²) in [6.07, 6.45) is 0.884. The smallest absolute Gasteiger partial charge is 0.339 e. The number of halogens is 1. The molecule has 1 heterocycles. The first-order valence-electron chi connectivity index (χ1n) is 7.35. The first kappa shape index (κ1) is 18.7. The SMILES string of the molecule is CCC1(C(=O)O)CCCN1S(=O)(=O)c1ccc(C(=O)OC)c(Cl)c1. The zero-order chi connectivity index (χ0) is 18.1. The number of carboxylic acid groups (broad SMARTS) is 1. The summed E-state index contributed by atoms with van der Waals surface area (Å²) in [5.41, 5.74) is -1.41. The molecule has 1 N–H and O–H groups in total. The largest absolute Gasteiger partial charge is 0.480 e. The van der Waals surface area contributed by atoms with Crippen molar-refractivity contribution in [2.75, 3.05) is 13.7 Å². The van der Waals surface area contributed by atoms with E-state index in [2.05, 4.69) is 4.74 Å². The van der Waals surface area contributed by atoms with Crippen molar-refractivity contribution in [3.63, 3.8) is 0 Å². The van der Waals surface area contributed by atoms with Gasteiger partial charge in [0.2, 0.25) is 10.0 Å². The molecule has 1 fully saturated rings. The number of sulfonamides is 1. The molecule has 0 aromatic heterocycles. The van der Waals surface area contributed by atoms with Crippen LogP contribution in [0.3, 0.4) is 0 Å². The molecule has 1 atom stereocenters. The number of benzene rings is 1. The standard InChI is InChI=1S/C15H18ClNO6S/c1-3-15(14(19)20)7-4-8-17(15)24(21,22)10-5-6-11(12(16)9-10)13(18)23-2/h5-6,9H,3-4,7-8H2,1-2H3,(H,19,20). The maximum atomic E-state index is 12.9. The lowest BCUT2D eigenvalue weighted by Crippen LogP contribution is -2.52. The van der Waals surface area contributed by atoms with Crippen LogP contribution in [0.25, 0.3) is 0 Å². The van der Waals surface area contributed by atoms with Crippen LogP contribution < -0.4 is 0 Å². The first-order valence-corrected chi connectivity index (χ1v) is 9.16. The fourth-order valence-corrected chi connectivity index (χ4v) is 5.19. The molecule has 1 aromatic carbocycles. The number of hydrogen-bond acceptors (Lipinski definition) is 5. The molecule has 24 heavy (non-hydrogen) atoms. The van der Waals surface area contributed by atoms with Crippen LogP contribution in [0.15, 0.2) is 23.1 Å².